The third kappa shape index (κ3) is 39.3. The van der Waals surface area contributed by atoms with E-state index in [1.807, 2.05) is 24.3 Å². The number of hydrogen-bond acceptors (Lipinski definition) is 8. The molecule has 0 aliphatic rings. The third-order valence-corrected chi connectivity index (χ3v) is 9.27. The summed E-state index contributed by atoms with van der Waals surface area (Å²) >= 11 is 0. The Morgan fingerprint density at radius 1 is 0.679 bits per heavy atom. The number of carbonyl (C=O) groups is 1. The first-order chi connectivity index (χ1) is 25.8. The lowest BCUT2D eigenvalue weighted by atomic mass is 10.1. The van der Waals surface area contributed by atoms with Crippen LogP contribution in [0.4, 0.5) is 0 Å². The van der Waals surface area contributed by atoms with Gasteiger partial charge in [0.05, 0.1) is 25.6 Å². The number of phosphoric acid groups is 1. The minimum atomic E-state index is -4.29. The maximum Gasteiger partial charge on any atom is 0.472 e. The predicted octanol–water partition coefficient (Wildman–Crippen LogP) is 11.3. The van der Waals surface area contributed by atoms with Crippen LogP contribution < -0.4 is 5.73 Å². The van der Waals surface area contributed by atoms with Gasteiger partial charge in [-0.05, 0) is 76.7 Å². The molecule has 3 atom stereocenters. The van der Waals surface area contributed by atoms with E-state index in [1.54, 1.807) is 6.26 Å². The van der Waals surface area contributed by atoms with Gasteiger partial charge in [-0.2, -0.15) is 0 Å². The van der Waals surface area contributed by atoms with Gasteiger partial charge in [0.15, 0.2) is 6.10 Å². The molecule has 306 valence electrons. The van der Waals surface area contributed by atoms with Gasteiger partial charge in [0, 0.05) is 13.0 Å². The van der Waals surface area contributed by atoms with Gasteiger partial charge in [-0.1, -0.05) is 139 Å². The molecule has 0 bridgehead atoms. The average Bonchev–Trinajstić information content (AvgIpc) is 3.14. The molecule has 53 heavy (non-hydrogen) atoms. The minimum Gasteiger partial charge on any atom is -0.492 e. The van der Waals surface area contributed by atoms with Crippen molar-refractivity contribution in [1.82, 2.24) is 0 Å². The van der Waals surface area contributed by atoms with Crippen LogP contribution in [-0.2, 0) is 27.9 Å². The fourth-order valence-electron chi connectivity index (χ4n) is 5.14. The molecular formula is C43H76NO8P. The SMILES string of the molecule is CCCCCCCC/C=C\CCCCCC/C=C/O[C@H](COC(=O)CCC/C=C\C/C=C\C/C=C\C=C\[C@H](O)CCCCC)COP(=O)(O)OCCN. The molecule has 0 fully saturated rings. The van der Waals surface area contributed by atoms with Crippen LogP contribution in [0.1, 0.15) is 155 Å². The van der Waals surface area contributed by atoms with Gasteiger partial charge >= 0.3 is 13.8 Å². The van der Waals surface area contributed by atoms with Crippen molar-refractivity contribution < 1.29 is 37.9 Å². The summed E-state index contributed by atoms with van der Waals surface area (Å²) in [7, 11) is -4.29. The Kier molecular flexibility index (Phi) is 37.8. The molecular weight excluding hydrogens is 689 g/mol. The lowest BCUT2D eigenvalue weighted by Crippen LogP contribution is -2.25. The smallest absolute Gasteiger partial charge is 0.472 e. The lowest BCUT2D eigenvalue weighted by molar-refractivity contribution is -0.147. The van der Waals surface area contributed by atoms with Crippen molar-refractivity contribution in [3.8, 4) is 0 Å². The number of carbonyl (C=O) groups excluding carboxylic acids is 1. The number of ether oxygens (including phenoxy) is 2. The number of unbranched alkanes of at least 4 members (excludes halogenated alkanes) is 14. The van der Waals surface area contributed by atoms with Crippen molar-refractivity contribution in [3.63, 3.8) is 0 Å². The van der Waals surface area contributed by atoms with Gasteiger partial charge in [0.25, 0.3) is 0 Å². The second-order valence-electron chi connectivity index (χ2n) is 13.4. The summed E-state index contributed by atoms with van der Waals surface area (Å²) in [6.07, 6.45) is 46.3. The Morgan fingerprint density at radius 3 is 1.92 bits per heavy atom. The normalized spacial score (nSPS) is 14.8. The molecule has 0 spiro atoms. The summed E-state index contributed by atoms with van der Waals surface area (Å²) < 4.78 is 33.0. The molecule has 0 aromatic heterocycles. The van der Waals surface area contributed by atoms with Gasteiger partial charge in [0.1, 0.15) is 6.61 Å². The Hall–Kier alpha value is -2.26. The zero-order valence-corrected chi connectivity index (χ0v) is 34.2. The highest BCUT2D eigenvalue weighted by Crippen LogP contribution is 2.43. The molecule has 0 aliphatic carbocycles. The number of esters is 1. The molecule has 0 saturated carbocycles. The summed E-state index contributed by atoms with van der Waals surface area (Å²) in [6.45, 7) is 3.98. The predicted molar refractivity (Wildman–Crippen MR) is 220 cm³/mol. The fraction of sp³-hybridized carbons (Fsp3) is 0.698. The first-order valence-electron chi connectivity index (χ1n) is 20.6. The van der Waals surface area contributed by atoms with E-state index in [0.717, 1.165) is 70.6 Å². The molecule has 9 nitrogen and oxygen atoms in total. The number of rotatable bonds is 38. The fourth-order valence-corrected chi connectivity index (χ4v) is 5.90. The van der Waals surface area contributed by atoms with E-state index < -0.39 is 13.9 Å². The van der Waals surface area contributed by atoms with E-state index in [4.69, 9.17) is 24.3 Å². The number of nitrogens with two attached hydrogens (primary N) is 1. The molecule has 0 aromatic carbocycles. The van der Waals surface area contributed by atoms with Crippen molar-refractivity contribution >= 4 is 13.8 Å². The molecule has 0 radical (unpaired) electrons. The largest absolute Gasteiger partial charge is 0.492 e. The van der Waals surface area contributed by atoms with E-state index in [-0.39, 0.29) is 44.9 Å². The molecule has 0 aliphatic heterocycles. The van der Waals surface area contributed by atoms with Crippen molar-refractivity contribution in [2.24, 2.45) is 5.73 Å². The zero-order chi connectivity index (χ0) is 38.9. The monoisotopic (exact) mass is 766 g/mol. The second-order valence-corrected chi connectivity index (χ2v) is 14.9. The summed E-state index contributed by atoms with van der Waals surface area (Å²) in [6, 6.07) is 0. The molecule has 0 heterocycles. The van der Waals surface area contributed by atoms with E-state index in [9.17, 15) is 19.4 Å². The van der Waals surface area contributed by atoms with Crippen molar-refractivity contribution in [2.45, 2.75) is 167 Å². The van der Waals surface area contributed by atoms with Crippen LogP contribution in [0.3, 0.4) is 0 Å². The van der Waals surface area contributed by atoms with Gasteiger partial charge < -0.3 is 25.2 Å². The average molecular weight is 766 g/mol. The number of hydrogen-bond donors (Lipinski definition) is 3. The highest BCUT2D eigenvalue weighted by Gasteiger charge is 2.24. The topological polar surface area (TPSA) is 138 Å². The second kappa shape index (κ2) is 39.4. The third-order valence-electron chi connectivity index (χ3n) is 8.29. The Balaban J connectivity index is 4.28. The Labute approximate surface area is 323 Å². The molecule has 0 saturated heterocycles. The molecule has 0 amide bonds. The standard InChI is InChI=1S/C43H76NO8P/c1-3-5-7-8-9-10-11-12-13-14-15-19-22-25-28-32-37-49-42(40-52-53(47,48)51-38-36-44)39-50-43(46)35-31-27-24-21-18-16-17-20-23-26-30-34-41(45)33-29-6-4-2/h12-13,16-17,21,23-24,26,30,32,34,37,41-42,45H,3-11,14-15,18-20,22,25,27-29,31,33,35-36,38-40,44H2,1-2H3,(H,47,48)/b13-12-,17-16-,24-21-,26-23-,34-30+,37-32+/t41-,42-/m1/s1. The number of phosphoric ester groups is 1. The van der Waals surface area contributed by atoms with Crippen LogP contribution in [0.2, 0.25) is 0 Å². The summed E-state index contributed by atoms with van der Waals surface area (Å²) in [5.74, 6) is -0.367. The highest BCUT2D eigenvalue weighted by molar-refractivity contribution is 7.47. The Morgan fingerprint density at radius 2 is 1.25 bits per heavy atom. The first kappa shape index (κ1) is 50.7. The minimum absolute atomic E-state index is 0.0814. The maximum atomic E-state index is 12.4. The van der Waals surface area contributed by atoms with Gasteiger partial charge in [-0.15, -0.1) is 0 Å². The first-order valence-corrected chi connectivity index (χ1v) is 22.1. The molecule has 1 unspecified atom stereocenters. The van der Waals surface area contributed by atoms with Crippen LogP contribution in [0, 0.1) is 0 Å². The van der Waals surface area contributed by atoms with Crippen LogP contribution in [0.25, 0.3) is 0 Å². The van der Waals surface area contributed by atoms with Crippen molar-refractivity contribution in [3.05, 3.63) is 73.1 Å². The van der Waals surface area contributed by atoms with E-state index in [0.29, 0.717) is 6.42 Å². The quantitative estimate of drug-likeness (QED) is 0.0140. The van der Waals surface area contributed by atoms with E-state index >= 15 is 0 Å². The zero-order valence-electron chi connectivity index (χ0n) is 33.3. The van der Waals surface area contributed by atoms with Crippen LogP contribution in [-0.4, -0.2) is 54.5 Å². The lowest BCUT2D eigenvalue weighted by Gasteiger charge is -2.19. The molecule has 0 aromatic rings. The van der Waals surface area contributed by atoms with Crippen molar-refractivity contribution in [1.29, 1.82) is 0 Å². The maximum absolute atomic E-state index is 12.4. The Bertz CT molecular complexity index is 1050. The van der Waals surface area contributed by atoms with Crippen LogP contribution in [0.15, 0.2) is 73.1 Å². The van der Waals surface area contributed by atoms with Gasteiger partial charge in [-0.3, -0.25) is 13.8 Å². The molecule has 10 heteroatoms. The molecule has 4 N–H and O–H groups in total. The summed E-state index contributed by atoms with van der Waals surface area (Å²) in [5.41, 5.74) is 5.35. The van der Waals surface area contributed by atoms with Crippen LogP contribution >= 0.6 is 7.82 Å². The van der Waals surface area contributed by atoms with E-state index in [1.165, 1.54) is 57.8 Å². The van der Waals surface area contributed by atoms with E-state index in [2.05, 4.69) is 56.4 Å². The van der Waals surface area contributed by atoms with Gasteiger partial charge in [-0.25, -0.2) is 4.57 Å². The highest BCUT2D eigenvalue weighted by atomic mass is 31.2. The molecule has 0 rings (SSSR count). The van der Waals surface area contributed by atoms with Crippen molar-refractivity contribution in [2.75, 3.05) is 26.4 Å². The van der Waals surface area contributed by atoms with Gasteiger partial charge in [0.2, 0.25) is 0 Å². The summed E-state index contributed by atoms with van der Waals surface area (Å²) in [5, 5.41) is 9.88. The summed E-state index contributed by atoms with van der Waals surface area (Å²) in [4.78, 5) is 22.2. The number of aliphatic hydroxyl groups excluding tert-OH is 1. The number of allylic oxidation sites excluding steroid dienone is 10. The van der Waals surface area contributed by atoms with Crippen LogP contribution in [0.5, 0.6) is 0 Å². The number of aliphatic hydroxyl groups is 1.